The first kappa shape index (κ1) is 23.5. The van der Waals surface area contributed by atoms with Gasteiger partial charge in [-0.3, -0.25) is 4.79 Å². The molecular weight excluding hydrogens is 436 g/mol. The average Bonchev–Trinajstić information content (AvgIpc) is 3.31. The molecule has 0 saturated heterocycles. The van der Waals surface area contributed by atoms with Crippen LogP contribution in [0.15, 0.2) is 58.2 Å². The second-order valence-electron chi connectivity index (χ2n) is 9.84. The number of benzene rings is 2. The molecule has 1 aliphatic rings. The Balaban J connectivity index is 1.74. The Morgan fingerprint density at radius 1 is 1.03 bits per heavy atom. The summed E-state index contributed by atoms with van der Waals surface area (Å²) >= 11 is 0. The van der Waals surface area contributed by atoms with E-state index in [1.807, 2.05) is 18.2 Å². The first-order valence-electron chi connectivity index (χ1n) is 11.4. The Morgan fingerprint density at radius 3 is 2.30 bits per heavy atom. The molecule has 3 aromatic rings. The standard InChI is InChI=1S/C26H32N2O4S/c1-26(2,3)20-9-12-23(13-10-20)33(30,31)28(21-7-5-6-8-21)17-19-15-18-16-22(32-4)11-14-24(18)27-25(19)29/h9-16,21H,5-8,17H2,1-4H3,(H,27,29). The molecule has 1 fully saturated rings. The lowest BCUT2D eigenvalue weighted by Crippen LogP contribution is -2.39. The smallest absolute Gasteiger partial charge is 0.252 e. The number of ether oxygens (including phenoxy) is 1. The molecule has 0 bridgehead atoms. The third-order valence-corrected chi connectivity index (χ3v) is 8.43. The number of rotatable bonds is 6. The van der Waals surface area contributed by atoms with Crippen LogP contribution in [-0.4, -0.2) is 30.9 Å². The van der Waals surface area contributed by atoms with Crippen molar-refractivity contribution in [2.24, 2.45) is 0 Å². The highest BCUT2D eigenvalue weighted by Gasteiger charge is 2.34. The Bertz CT molecular complexity index is 1300. The molecule has 1 saturated carbocycles. The van der Waals surface area contributed by atoms with Gasteiger partial charge in [-0.15, -0.1) is 0 Å². The first-order valence-corrected chi connectivity index (χ1v) is 12.9. The van der Waals surface area contributed by atoms with Gasteiger partial charge in [0.1, 0.15) is 5.75 Å². The van der Waals surface area contributed by atoms with Crippen LogP contribution >= 0.6 is 0 Å². The van der Waals surface area contributed by atoms with Gasteiger partial charge in [-0.25, -0.2) is 8.42 Å². The number of nitrogens with zero attached hydrogens (tertiary/aromatic N) is 1. The van der Waals surface area contributed by atoms with Gasteiger partial charge in [0.15, 0.2) is 0 Å². The summed E-state index contributed by atoms with van der Waals surface area (Å²) < 4.78 is 34.3. The maximum Gasteiger partial charge on any atom is 0.252 e. The van der Waals surface area contributed by atoms with E-state index < -0.39 is 10.0 Å². The lowest BCUT2D eigenvalue weighted by Gasteiger charge is -2.28. The maximum atomic E-state index is 13.8. The fraction of sp³-hybridized carbons (Fsp3) is 0.423. The van der Waals surface area contributed by atoms with Crippen molar-refractivity contribution in [1.82, 2.24) is 9.29 Å². The lowest BCUT2D eigenvalue weighted by atomic mass is 9.87. The molecule has 6 nitrogen and oxygen atoms in total. The van der Waals surface area contributed by atoms with Crippen LogP contribution in [0.1, 0.15) is 57.6 Å². The lowest BCUT2D eigenvalue weighted by molar-refractivity contribution is 0.315. The van der Waals surface area contributed by atoms with Crippen LogP contribution < -0.4 is 10.3 Å². The third kappa shape index (κ3) is 4.84. The molecule has 1 aromatic heterocycles. The van der Waals surface area contributed by atoms with Crippen molar-refractivity contribution < 1.29 is 13.2 Å². The predicted molar refractivity (Wildman–Crippen MR) is 131 cm³/mol. The van der Waals surface area contributed by atoms with E-state index in [9.17, 15) is 13.2 Å². The number of aromatic nitrogens is 1. The molecule has 0 radical (unpaired) electrons. The Kier molecular flexibility index (Phi) is 6.38. The summed E-state index contributed by atoms with van der Waals surface area (Å²) in [4.78, 5) is 16.0. The van der Waals surface area contributed by atoms with E-state index in [1.165, 1.54) is 4.31 Å². The summed E-state index contributed by atoms with van der Waals surface area (Å²) in [5, 5.41) is 0.808. The number of nitrogens with one attached hydrogen (secondary N) is 1. The second kappa shape index (κ2) is 8.95. The van der Waals surface area contributed by atoms with Crippen LogP contribution in [0.2, 0.25) is 0 Å². The maximum absolute atomic E-state index is 13.8. The van der Waals surface area contributed by atoms with Crippen molar-refractivity contribution in [3.63, 3.8) is 0 Å². The minimum atomic E-state index is -3.77. The molecule has 33 heavy (non-hydrogen) atoms. The zero-order chi connectivity index (χ0) is 23.8. The molecule has 0 amide bonds. The fourth-order valence-electron chi connectivity index (χ4n) is 4.51. The van der Waals surface area contributed by atoms with Crippen molar-refractivity contribution in [3.8, 4) is 5.75 Å². The monoisotopic (exact) mass is 468 g/mol. The molecule has 0 unspecified atom stereocenters. The van der Waals surface area contributed by atoms with E-state index >= 15 is 0 Å². The Hall–Kier alpha value is -2.64. The van der Waals surface area contributed by atoms with Crippen LogP contribution in [0.25, 0.3) is 10.9 Å². The topological polar surface area (TPSA) is 79.5 Å². The van der Waals surface area contributed by atoms with Crippen LogP contribution in [0.5, 0.6) is 5.75 Å². The van der Waals surface area contributed by atoms with Crippen molar-refractivity contribution >= 4 is 20.9 Å². The first-order chi connectivity index (χ1) is 15.6. The fourth-order valence-corrected chi connectivity index (χ4v) is 6.17. The number of H-pyrrole nitrogens is 1. The summed E-state index contributed by atoms with van der Waals surface area (Å²) in [7, 11) is -2.18. The van der Waals surface area contributed by atoms with Crippen LogP contribution in [0, 0.1) is 0 Å². The number of sulfonamides is 1. The van der Waals surface area contributed by atoms with Gasteiger partial charge in [0.25, 0.3) is 5.56 Å². The van der Waals surface area contributed by atoms with Gasteiger partial charge in [0.2, 0.25) is 10.0 Å². The molecule has 0 aliphatic heterocycles. The summed E-state index contributed by atoms with van der Waals surface area (Å²) in [6.07, 6.45) is 3.59. The van der Waals surface area contributed by atoms with Crippen molar-refractivity contribution in [3.05, 3.63) is 70.0 Å². The number of hydrogen-bond donors (Lipinski definition) is 1. The van der Waals surface area contributed by atoms with Crippen molar-refractivity contribution in [2.75, 3.05) is 7.11 Å². The van der Waals surface area contributed by atoms with Gasteiger partial charge >= 0.3 is 0 Å². The zero-order valence-electron chi connectivity index (χ0n) is 19.7. The molecule has 1 N–H and O–H groups in total. The minimum Gasteiger partial charge on any atom is -0.497 e. The molecule has 7 heteroatoms. The van der Waals surface area contributed by atoms with Gasteiger partial charge in [-0.1, -0.05) is 45.7 Å². The Labute approximate surface area is 195 Å². The second-order valence-corrected chi connectivity index (χ2v) is 11.7. The van der Waals surface area contributed by atoms with Gasteiger partial charge in [-0.2, -0.15) is 4.31 Å². The normalized spacial score (nSPS) is 15.4. The summed E-state index contributed by atoms with van der Waals surface area (Å²) in [6, 6.07) is 14.2. The van der Waals surface area contributed by atoms with Crippen molar-refractivity contribution in [1.29, 1.82) is 0 Å². The summed E-state index contributed by atoms with van der Waals surface area (Å²) in [5.41, 5.74) is 1.87. The quantitative estimate of drug-likeness (QED) is 0.554. The van der Waals surface area contributed by atoms with Gasteiger partial charge in [0.05, 0.1) is 12.0 Å². The molecule has 4 rings (SSSR count). The van der Waals surface area contributed by atoms with E-state index in [4.69, 9.17) is 4.74 Å². The minimum absolute atomic E-state index is 0.0382. The van der Waals surface area contributed by atoms with E-state index in [0.717, 1.165) is 36.6 Å². The number of pyridine rings is 1. The van der Waals surface area contributed by atoms with E-state index in [1.54, 1.807) is 37.4 Å². The summed E-state index contributed by atoms with van der Waals surface area (Å²) in [5.74, 6) is 0.680. The van der Waals surface area contributed by atoms with Gasteiger partial charge in [-0.05, 0) is 60.2 Å². The number of hydrogen-bond acceptors (Lipinski definition) is 4. The average molecular weight is 469 g/mol. The van der Waals surface area contributed by atoms with Crippen LogP contribution in [0.4, 0.5) is 0 Å². The summed E-state index contributed by atoms with van der Waals surface area (Å²) in [6.45, 7) is 6.34. The SMILES string of the molecule is COc1ccc2[nH]c(=O)c(CN(C3CCCC3)S(=O)(=O)c3ccc(C(C)(C)C)cc3)cc2c1. The van der Waals surface area contributed by atoms with Gasteiger partial charge < -0.3 is 9.72 Å². The molecule has 1 heterocycles. The van der Waals surface area contributed by atoms with Crippen LogP contribution in [0.3, 0.4) is 0 Å². The molecule has 2 aromatic carbocycles. The van der Waals surface area contributed by atoms with Crippen molar-refractivity contribution in [2.45, 2.75) is 69.4 Å². The largest absolute Gasteiger partial charge is 0.497 e. The number of fused-ring (bicyclic) bond motifs is 1. The molecule has 1 aliphatic carbocycles. The molecule has 0 spiro atoms. The number of methoxy groups -OCH3 is 1. The molecule has 0 atom stereocenters. The third-order valence-electron chi connectivity index (χ3n) is 6.51. The van der Waals surface area contributed by atoms with Gasteiger partial charge in [0, 0.05) is 29.1 Å². The molecule has 176 valence electrons. The van der Waals surface area contributed by atoms with E-state index in [0.29, 0.717) is 16.8 Å². The zero-order valence-corrected chi connectivity index (χ0v) is 20.5. The highest BCUT2D eigenvalue weighted by Crippen LogP contribution is 2.31. The number of aromatic amines is 1. The highest BCUT2D eigenvalue weighted by atomic mass is 32.2. The molecular formula is C26H32N2O4S. The highest BCUT2D eigenvalue weighted by molar-refractivity contribution is 7.89. The van der Waals surface area contributed by atoms with Crippen LogP contribution in [-0.2, 0) is 22.0 Å². The van der Waals surface area contributed by atoms with E-state index in [2.05, 4.69) is 25.8 Å². The van der Waals surface area contributed by atoms with E-state index in [-0.39, 0.29) is 28.5 Å². The Morgan fingerprint density at radius 2 is 1.70 bits per heavy atom. The predicted octanol–water partition coefficient (Wildman–Crippen LogP) is 4.97.